The molecular formula is C20H21N3O2S. The summed E-state index contributed by atoms with van der Waals surface area (Å²) in [7, 11) is 0. The molecule has 0 spiro atoms. The van der Waals surface area contributed by atoms with Gasteiger partial charge in [0.25, 0.3) is 5.56 Å². The molecule has 5 nitrogen and oxygen atoms in total. The van der Waals surface area contributed by atoms with Crippen LogP contribution in [0.1, 0.15) is 43.7 Å². The zero-order valence-corrected chi connectivity index (χ0v) is 15.6. The van der Waals surface area contributed by atoms with Gasteiger partial charge in [-0.3, -0.25) is 9.59 Å². The van der Waals surface area contributed by atoms with Gasteiger partial charge in [-0.25, -0.2) is 4.98 Å². The van der Waals surface area contributed by atoms with Crippen molar-refractivity contribution in [2.75, 3.05) is 5.32 Å². The molecule has 0 saturated heterocycles. The predicted molar refractivity (Wildman–Crippen MR) is 104 cm³/mol. The maximum absolute atomic E-state index is 13.0. The first-order valence-electron chi connectivity index (χ1n) is 8.90. The van der Waals surface area contributed by atoms with E-state index in [9.17, 15) is 9.59 Å². The van der Waals surface area contributed by atoms with Crippen molar-refractivity contribution in [1.82, 2.24) is 9.97 Å². The van der Waals surface area contributed by atoms with E-state index in [1.54, 1.807) is 0 Å². The lowest BCUT2D eigenvalue weighted by Gasteiger charge is -2.36. The molecule has 0 amide bonds. The Labute approximate surface area is 156 Å². The van der Waals surface area contributed by atoms with E-state index in [2.05, 4.69) is 35.2 Å². The highest BCUT2D eigenvalue weighted by molar-refractivity contribution is 7.99. The number of nitrogens with one attached hydrogen (secondary N) is 2. The third kappa shape index (κ3) is 2.98. The van der Waals surface area contributed by atoms with Gasteiger partial charge in [-0.15, -0.1) is 0 Å². The lowest BCUT2D eigenvalue weighted by molar-refractivity contribution is -0.122. The quantitative estimate of drug-likeness (QED) is 0.639. The number of hydrogen-bond donors (Lipinski definition) is 2. The van der Waals surface area contributed by atoms with E-state index in [1.807, 2.05) is 30.3 Å². The first-order chi connectivity index (χ1) is 12.5. The number of benzene rings is 1. The monoisotopic (exact) mass is 367 g/mol. The molecule has 2 aromatic rings. The highest BCUT2D eigenvalue weighted by Gasteiger charge is 2.42. The first-order valence-corrected chi connectivity index (χ1v) is 9.78. The summed E-state index contributed by atoms with van der Waals surface area (Å²) in [4.78, 5) is 33.2. The molecule has 6 heteroatoms. The molecule has 2 heterocycles. The van der Waals surface area contributed by atoms with Crippen LogP contribution in [0.4, 0.5) is 5.82 Å². The Hall–Kier alpha value is -2.34. The van der Waals surface area contributed by atoms with Crippen molar-refractivity contribution >= 4 is 23.4 Å². The average Bonchev–Trinajstić information content (AvgIpc) is 2.60. The van der Waals surface area contributed by atoms with Crippen molar-refractivity contribution in [3.8, 4) is 0 Å². The number of ketones is 1. The summed E-state index contributed by atoms with van der Waals surface area (Å²) in [5, 5.41) is 4.19. The highest BCUT2D eigenvalue weighted by atomic mass is 32.2. The Morgan fingerprint density at radius 2 is 1.92 bits per heavy atom. The van der Waals surface area contributed by atoms with Gasteiger partial charge in [0.2, 0.25) is 0 Å². The number of H-pyrrole nitrogens is 1. The van der Waals surface area contributed by atoms with Crippen LogP contribution in [0.15, 0.2) is 52.1 Å². The summed E-state index contributed by atoms with van der Waals surface area (Å²) < 4.78 is 0. The number of thioether (sulfide) groups is 1. The molecule has 0 unspecified atom stereocenters. The maximum Gasteiger partial charge on any atom is 0.257 e. The van der Waals surface area contributed by atoms with Gasteiger partial charge < -0.3 is 10.3 Å². The number of rotatable bonds is 3. The Bertz CT molecular complexity index is 934. The molecule has 0 saturated carbocycles. The molecule has 0 bridgehead atoms. The highest BCUT2D eigenvalue weighted by Crippen LogP contribution is 2.44. The van der Waals surface area contributed by atoms with Gasteiger partial charge in [-0.2, -0.15) is 0 Å². The molecule has 2 N–H and O–H groups in total. The number of aromatic nitrogens is 2. The average molecular weight is 367 g/mol. The Morgan fingerprint density at radius 3 is 2.65 bits per heavy atom. The number of hydrogen-bond acceptors (Lipinski definition) is 5. The van der Waals surface area contributed by atoms with Crippen LogP contribution in [0, 0.1) is 5.92 Å². The number of carbonyl (C=O) groups is 1. The second-order valence-corrected chi connectivity index (χ2v) is 8.52. The minimum Gasteiger partial charge on any atom is -0.343 e. The first kappa shape index (κ1) is 17.1. The van der Waals surface area contributed by atoms with Crippen LogP contribution in [0.5, 0.6) is 0 Å². The molecule has 0 fully saturated rings. The van der Waals surface area contributed by atoms with E-state index in [1.165, 1.54) is 11.8 Å². The number of fused-ring (bicyclic) bond motifs is 2. The Morgan fingerprint density at radius 1 is 1.15 bits per heavy atom. The smallest absolute Gasteiger partial charge is 0.257 e. The van der Waals surface area contributed by atoms with E-state index in [0.29, 0.717) is 28.2 Å². The van der Waals surface area contributed by atoms with E-state index in [4.69, 9.17) is 0 Å². The zero-order valence-electron chi connectivity index (χ0n) is 14.8. The Balaban J connectivity index is 1.91. The van der Waals surface area contributed by atoms with Gasteiger partial charge in [0, 0.05) is 23.3 Å². The topological polar surface area (TPSA) is 74.8 Å². The lowest BCUT2D eigenvalue weighted by atomic mass is 9.72. The lowest BCUT2D eigenvalue weighted by Crippen LogP contribution is -2.38. The molecule has 0 radical (unpaired) electrons. The van der Waals surface area contributed by atoms with Crippen molar-refractivity contribution in [3.05, 3.63) is 63.6 Å². The van der Waals surface area contributed by atoms with Gasteiger partial charge in [-0.1, -0.05) is 62.0 Å². The Kier molecular flexibility index (Phi) is 4.44. The van der Waals surface area contributed by atoms with Crippen LogP contribution in [0.2, 0.25) is 0 Å². The normalized spacial score (nSPS) is 21.7. The molecule has 1 aliphatic carbocycles. The van der Waals surface area contributed by atoms with Crippen LogP contribution in [0.25, 0.3) is 0 Å². The molecule has 2 aliphatic rings. The van der Waals surface area contributed by atoms with E-state index < -0.39 is 0 Å². The van der Waals surface area contributed by atoms with Crippen molar-refractivity contribution in [2.24, 2.45) is 5.92 Å². The largest absolute Gasteiger partial charge is 0.343 e. The van der Waals surface area contributed by atoms with E-state index in [0.717, 1.165) is 17.7 Å². The molecular weight excluding hydrogens is 346 g/mol. The molecule has 1 aliphatic heterocycles. The summed E-state index contributed by atoms with van der Waals surface area (Å²) in [5.41, 5.74) is 2.23. The molecule has 26 heavy (non-hydrogen) atoms. The number of aromatic amines is 1. The van der Waals surface area contributed by atoms with Gasteiger partial charge in [0.15, 0.2) is 5.16 Å². The summed E-state index contributed by atoms with van der Waals surface area (Å²) in [6.07, 6.45) is 3.31. The number of allylic oxidation sites excluding steroid dienone is 2. The van der Waals surface area contributed by atoms with Gasteiger partial charge in [0.1, 0.15) is 11.6 Å². The third-order valence-electron chi connectivity index (χ3n) is 4.78. The van der Waals surface area contributed by atoms with E-state index >= 15 is 0 Å². The molecule has 134 valence electrons. The number of carbonyl (C=O) groups excluding carboxylic acids is 1. The molecule has 2 atom stereocenters. The van der Waals surface area contributed by atoms with Gasteiger partial charge in [-0.05, 0) is 12.0 Å². The third-order valence-corrected chi connectivity index (χ3v) is 5.67. The second kappa shape index (κ2) is 6.76. The van der Waals surface area contributed by atoms with Crippen LogP contribution in [-0.2, 0) is 4.79 Å². The number of nitrogens with zero attached hydrogens (tertiary/aromatic N) is 1. The summed E-state index contributed by atoms with van der Waals surface area (Å²) in [5.74, 6) is 0.100. The van der Waals surface area contributed by atoms with Gasteiger partial charge >= 0.3 is 0 Å². The summed E-state index contributed by atoms with van der Waals surface area (Å²) >= 11 is 1.52. The molecule has 1 aromatic heterocycles. The van der Waals surface area contributed by atoms with Crippen LogP contribution in [0.3, 0.4) is 0 Å². The van der Waals surface area contributed by atoms with Crippen LogP contribution < -0.4 is 10.9 Å². The number of Topliss-reactive ketones (excluding diaryl/α,β-unsaturated/α-hetero) is 1. The SMILES string of the molecule is CC(C)Sc1nc2c(c(=O)[nH]1)[C@@H](c1ccccc1)[C@@H]1C(=O)CCC=C1N2. The minimum absolute atomic E-state index is 0.170. The fourth-order valence-corrected chi connectivity index (χ4v) is 4.51. The fourth-order valence-electron chi connectivity index (χ4n) is 3.77. The maximum atomic E-state index is 13.0. The fraction of sp³-hybridized carbons (Fsp3) is 0.350. The van der Waals surface area contributed by atoms with E-state index in [-0.39, 0.29) is 23.2 Å². The van der Waals surface area contributed by atoms with Gasteiger partial charge in [0.05, 0.1) is 11.5 Å². The minimum atomic E-state index is -0.342. The van der Waals surface area contributed by atoms with Crippen molar-refractivity contribution in [1.29, 1.82) is 0 Å². The molecule has 1 aromatic carbocycles. The predicted octanol–water partition coefficient (Wildman–Crippen LogP) is 3.69. The standard InChI is InChI=1S/C20H21N3O2S/c1-11(2)26-20-22-18-17(19(25)23-20)15(12-7-4-3-5-8-12)16-13(21-18)9-6-10-14(16)24/h3-5,7-9,11,15-16H,6,10H2,1-2H3,(H2,21,22,23,25)/t15-,16-/m0/s1. The van der Waals surface area contributed by atoms with Crippen molar-refractivity contribution in [3.63, 3.8) is 0 Å². The summed E-state index contributed by atoms with van der Waals surface area (Å²) in [6, 6.07) is 9.79. The van der Waals surface area contributed by atoms with Crippen LogP contribution >= 0.6 is 11.8 Å². The van der Waals surface area contributed by atoms with Crippen molar-refractivity contribution < 1.29 is 4.79 Å². The van der Waals surface area contributed by atoms with Crippen molar-refractivity contribution in [2.45, 2.75) is 43.0 Å². The molecule has 4 rings (SSSR count). The zero-order chi connectivity index (χ0) is 18.3. The second-order valence-electron chi connectivity index (χ2n) is 6.96. The van der Waals surface area contributed by atoms with Crippen LogP contribution in [-0.4, -0.2) is 21.0 Å². The summed E-state index contributed by atoms with van der Waals surface area (Å²) in [6.45, 7) is 4.12. The number of anilines is 1.